The van der Waals surface area contributed by atoms with Crippen LogP contribution in [0.4, 0.5) is 0 Å². The summed E-state index contributed by atoms with van der Waals surface area (Å²) in [6.45, 7) is 4.25. The van der Waals surface area contributed by atoms with Crippen LogP contribution in [-0.2, 0) is 42.0 Å². The van der Waals surface area contributed by atoms with Gasteiger partial charge in [-0.05, 0) is 25.9 Å². The fourth-order valence-corrected chi connectivity index (χ4v) is 4.41. The molecule has 0 radical (unpaired) electrons. The Balaban J connectivity index is 1.85. The molecular formula is C17H29N2O9P. The van der Waals surface area contributed by atoms with Gasteiger partial charge in [0, 0.05) is 12.0 Å². The lowest BCUT2D eigenvalue weighted by molar-refractivity contribution is -0.160. The van der Waals surface area contributed by atoms with Crippen LogP contribution in [0.1, 0.15) is 33.1 Å². The number of methoxy groups -OCH3 is 1. The Bertz CT molecular complexity index is 649. The third-order valence-electron chi connectivity index (χ3n) is 4.72. The van der Waals surface area contributed by atoms with Crippen molar-refractivity contribution in [3.8, 4) is 0 Å². The molecule has 0 bridgehead atoms. The van der Waals surface area contributed by atoms with Gasteiger partial charge in [-0.25, -0.2) is 9.09 Å². The predicted octanol–water partition coefficient (Wildman–Crippen LogP) is 0.732. The largest absolute Gasteiger partial charge is 0.478 e. The van der Waals surface area contributed by atoms with Crippen molar-refractivity contribution in [2.45, 2.75) is 39.2 Å². The number of amides is 1. The quantitative estimate of drug-likeness (QED) is 0.318. The highest BCUT2D eigenvalue weighted by atomic mass is 31.2. The maximum absolute atomic E-state index is 12.7. The monoisotopic (exact) mass is 436 g/mol. The number of hydrogen-bond donors (Lipinski definition) is 2. The first-order valence-corrected chi connectivity index (χ1v) is 10.9. The van der Waals surface area contributed by atoms with E-state index in [-0.39, 0.29) is 25.5 Å². The van der Waals surface area contributed by atoms with E-state index in [9.17, 15) is 18.9 Å². The highest BCUT2D eigenvalue weighted by Gasteiger charge is 2.49. The van der Waals surface area contributed by atoms with E-state index in [1.165, 1.54) is 7.11 Å². The highest BCUT2D eigenvalue weighted by molar-refractivity contribution is 7.48. The number of rotatable bonds is 8. The van der Waals surface area contributed by atoms with E-state index in [0.29, 0.717) is 12.8 Å². The minimum absolute atomic E-state index is 0.00725. The molecule has 29 heavy (non-hydrogen) atoms. The molecule has 0 aromatic heterocycles. The van der Waals surface area contributed by atoms with Gasteiger partial charge >= 0.3 is 19.8 Å². The van der Waals surface area contributed by atoms with E-state index < -0.39 is 44.0 Å². The summed E-state index contributed by atoms with van der Waals surface area (Å²) in [5.41, 5.74) is -0.793. The lowest BCUT2D eigenvalue weighted by atomic mass is 9.87. The van der Waals surface area contributed by atoms with Gasteiger partial charge in [-0.1, -0.05) is 13.8 Å². The van der Waals surface area contributed by atoms with Gasteiger partial charge in [-0.15, -0.1) is 0 Å². The van der Waals surface area contributed by atoms with Crippen LogP contribution in [0.15, 0.2) is 0 Å². The van der Waals surface area contributed by atoms with Crippen LogP contribution in [0.5, 0.6) is 0 Å². The average Bonchev–Trinajstić information content (AvgIpc) is 2.70. The normalized spacial score (nSPS) is 27.1. The summed E-state index contributed by atoms with van der Waals surface area (Å²) in [5.74, 6) is -1.70. The fraction of sp³-hybridized carbons (Fsp3) is 0.824. The first kappa shape index (κ1) is 23.8. The van der Waals surface area contributed by atoms with Crippen molar-refractivity contribution < 1.29 is 42.0 Å². The molecule has 0 spiro atoms. The molecule has 2 aliphatic rings. The van der Waals surface area contributed by atoms with Gasteiger partial charge in [0.2, 0.25) is 12.7 Å². The van der Waals surface area contributed by atoms with Crippen molar-refractivity contribution in [3.63, 3.8) is 0 Å². The molecule has 11 nitrogen and oxygen atoms in total. The number of phosphoric ester groups is 1. The molecule has 0 aliphatic carbocycles. The summed E-state index contributed by atoms with van der Waals surface area (Å²) in [6.07, 6.45) is 0.170. The van der Waals surface area contributed by atoms with Crippen molar-refractivity contribution in [2.75, 3.05) is 40.1 Å². The Kier molecular flexibility index (Phi) is 8.59. The number of carbonyl (C=O) groups is 3. The predicted molar refractivity (Wildman–Crippen MR) is 99.5 cm³/mol. The Morgan fingerprint density at radius 3 is 2.59 bits per heavy atom. The maximum atomic E-state index is 12.7. The summed E-state index contributed by atoms with van der Waals surface area (Å²) in [4.78, 5) is 35.6. The molecule has 166 valence electrons. The van der Waals surface area contributed by atoms with Gasteiger partial charge in [0.15, 0.2) is 6.10 Å². The van der Waals surface area contributed by atoms with Crippen LogP contribution in [-0.4, -0.2) is 64.1 Å². The molecular weight excluding hydrogens is 407 g/mol. The molecule has 0 saturated carbocycles. The van der Waals surface area contributed by atoms with Crippen LogP contribution >= 0.6 is 7.82 Å². The molecule has 2 atom stereocenters. The summed E-state index contributed by atoms with van der Waals surface area (Å²) in [6, 6.07) is 0. The Morgan fingerprint density at radius 2 is 1.93 bits per heavy atom. The second-order valence-electron chi connectivity index (χ2n) is 7.55. The zero-order valence-electron chi connectivity index (χ0n) is 16.9. The number of ether oxygens (including phenoxy) is 2. The zero-order valence-corrected chi connectivity index (χ0v) is 17.8. The number of hydrogen-bond acceptors (Lipinski definition) is 10. The molecule has 2 rings (SSSR count). The van der Waals surface area contributed by atoms with Gasteiger partial charge in [-0.2, -0.15) is 0 Å². The number of phosphoric acid groups is 1. The zero-order chi connectivity index (χ0) is 21.5. The summed E-state index contributed by atoms with van der Waals surface area (Å²) in [5, 5.41) is 5.68. The molecule has 1 unspecified atom stereocenters. The van der Waals surface area contributed by atoms with E-state index in [1.807, 2.05) is 0 Å². The molecule has 2 fully saturated rings. The van der Waals surface area contributed by atoms with Crippen molar-refractivity contribution in [1.82, 2.24) is 10.6 Å². The van der Waals surface area contributed by atoms with Crippen molar-refractivity contribution in [1.29, 1.82) is 0 Å². The highest BCUT2D eigenvalue weighted by Crippen LogP contribution is 2.57. The molecule has 1 amide bonds. The third-order valence-corrected chi connectivity index (χ3v) is 6.05. The van der Waals surface area contributed by atoms with Crippen molar-refractivity contribution in [3.05, 3.63) is 0 Å². The van der Waals surface area contributed by atoms with E-state index in [1.54, 1.807) is 13.8 Å². The number of nitrogens with one attached hydrogen (secondary N) is 2. The van der Waals surface area contributed by atoms with Crippen LogP contribution < -0.4 is 10.6 Å². The number of esters is 2. The second-order valence-corrected chi connectivity index (χ2v) is 9.17. The van der Waals surface area contributed by atoms with Gasteiger partial charge in [-0.3, -0.25) is 23.4 Å². The Morgan fingerprint density at radius 1 is 1.24 bits per heavy atom. The third kappa shape index (κ3) is 7.04. The van der Waals surface area contributed by atoms with E-state index in [0.717, 1.165) is 13.1 Å². The molecule has 2 N–H and O–H groups in total. The lowest BCUT2D eigenvalue weighted by Gasteiger charge is -2.39. The molecule has 0 aromatic rings. The van der Waals surface area contributed by atoms with Crippen molar-refractivity contribution >= 4 is 25.7 Å². The summed E-state index contributed by atoms with van der Waals surface area (Å²) < 4.78 is 37.8. The van der Waals surface area contributed by atoms with Gasteiger partial charge in [0.05, 0.1) is 26.1 Å². The number of carbonyl (C=O) groups excluding carboxylic acids is 3. The molecule has 0 aromatic carbocycles. The van der Waals surface area contributed by atoms with Crippen molar-refractivity contribution in [2.24, 2.45) is 11.3 Å². The van der Waals surface area contributed by atoms with Gasteiger partial charge in [0.25, 0.3) is 0 Å². The lowest BCUT2D eigenvalue weighted by Crippen LogP contribution is -2.50. The maximum Gasteiger partial charge on any atom is 0.478 e. The molecule has 2 aliphatic heterocycles. The topological polar surface area (TPSA) is 138 Å². The fourth-order valence-electron chi connectivity index (χ4n) is 2.90. The molecule has 12 heteroatoms. The standard InChI is InChI=1S/C17H29N2O9P/c1-17(2)10-26-29(23,27-11-25-16(22)12-4-7-18-8-5-12)28-14(17)15(21)19-9-6-13(20)24-3/h12,14,18H,4-11H2,1-3H3,(H,19,21)/t14-,29?/m0/s1. The Labute approximate surface area is 169 Å². The van der Waals surface area contributed by atoms with Gasteiger partial charge < -0.3 is 20.1 Å². The minimum Gasteiger partial charge on any atom is -0.469 e. The first-order valence-electron chi connectivity index (χ1n) is 9.46. The van der Waals surface area contributed by atoms with E-state index in [2.05, 4.69) is 15.4 Å². The SMILES string of the molecule is COC(=O)CCNC(=O)[C@@H]1OP(=O)(OCOC(=O)C2CCNCC2)OCC1(C)C. The first-order chi connectivity index (χ1) is 13.7. The smallest absolute Gasteiger partial charge is 0.469 e. The van der Waals surface area contributed by atoms with Gasteiger partial charge in [0.1, 0.15) is 0 Å². The van der Waals surface area contributed by atoms with Crippen LogP contribution in [0, 0.1) is 11.3 Å². The van der Waals surface area contributed by atoms with E-state index >= 15 is 0 Å². The molecule has 2 saturated heterocycles. The summed E-state index contributed by atoms with van der Waals surface area (Å²) >= 11 is 0. The minimum atomic E-state index is -4.10. The summed E-state index contributed by atoms with van der Waals surface area (Å²) in [7, 11) is -2.85. The van der Waals surface area contributed by atoms with Crippen LogP contribution in [0.3, 0.4) is 0 Å². The van der Waals surface area contributed by atoms with Crippen LogP contribution in [0.2, 0.25) is 0 Å². The molecule has 2 heterocycles. The second kappa shape index (κ2) is 10.5. The van der Waals surface area contributed by atoms with Crippen LogP contribution in [0.25, 0.3) is 0 Å². The number of piperidine rings is 1. The van der Waals surface area contributed by atoms with E-state index in [4.69, 9.17) is 18.3 Å². The average molecular weight is 436 g/mol. The Hall–Kier alpha value is -1.52.